The fourth-order valence-corrected chi connectivity index (χ4v) is 4.59. The zero-order valence-corrected chi connectivity index (χ0v) is 20.4. The quantitative estimate of drug-likeness (QED) is 0.451. The van der Waals surface area contributed by atoms with Crippen molar-refractivity contribution in [1.29, 1.82) is 5.26 Å². The molecule has 1 N–H and O–H groups in total. The van der Waals surface area contributed by atoms with Crippen LogP contribution in [-0.4, -0.2) is 45.5 Å². The number of pyridine rings is 4. The molecule has 4 aromatic heterocycles. The summed E-state index contributed by atoms with van der Waals surface area (Å²) in [7, 11) is 0. The monoisotopic (exact) mass is 491 g/mol. The smallest absolute Gasteiger partial charge is 0.253 e. The Bertz CT molecular complexity index is 1560. The maximum absolute atomic E-state index is 12.9. The van der Waals surface area contributed by atoms with Crippen LogP contribution in [0.5, 0.6) is 0 Å². The molecule has 0 saturated carbocycles. The van der Waals surface area contributed by atoms with Crippen LogP contribution >= 0.6 is 0 Å². The summed E-state index contributed by atoms with van der Waals surface area (Å²) in [5.41, 5.74) is 4.09. The van der Waals surface area contributed by atoms with Gasteiger partial charge in [0.05, 0.1) is 59.7 Å². The van der Waals surface area contributed by atoms with Gasteiger partial charge in [0.25, 0.3) is 5.91 Å². The molecule has 1 amide bonds. The van der Waals surface area contributed by atoms with Gasteiger partial charge in [-0.25, -0.2) is 9.97 Å². The van der Waals surface area contributed by atoms with Crippen LogP contribution in [0.1, 0.15) is 40.7 Å². The molecule has 9 heteroatoms. The second kappa shape index (κ2) is 9.22. The van der Waals surface area contributed by atoms with E-state index in [4.69, 9.17) is 14.7 Å². The van der Waals surface area contributed by atoms with Crippen LogP contribution in [0.2, 0.25) is 0 Å². The van der Waals surface area contributed by atoms with E-state index in [1.54, 1.807) is 19.2 Å². The third kappa shape index (κ3) is 4.36. The van der Waals surface area contributed by atoms with E-state index in [1.807, 2.05) is 36.4 Å². The minimum Gasteiger partial charge on any atom is -0.373 e. The molecular weight excluding hydrogens is 466 g/mol. The van der Waals surface area contributed by atoms with Crippen molar-refractivity contribution in [3.8, 4) is 17.5 Å². The van der Waals surface area contributed by atoms with Gasteiger partial charge in [-0.2, -0.15) is 5.26 Å². The van der Waals surface area contributed by atoms with Crippen LogP contribution in [-0.2, 0) is 23.3 Å². The second-order valence-electron chi connectivity index (χ2n) is 9.62. The predicted molar refractivity (Wildman–Crippen MR) is 138 cm³/mol. The summed E-state index contributed by atoms with van der Waals surface area (Å²) in [5, 5.41) is 13.5. The molecule has 2 aliphatic rings. The molecule has 1 saturated heterocycles. The van der Waals surface area contributed by atoms with Gasteiger partial charge in [-0.1, -0.05) is 6.07 Å². The number of rotatable bonds is 5. The third-order valence-electron chi connectivity index (χ3n) is 6.94. The van der Waals surface area contributed by atoms with Gasteiger partial charge in [0.2, 0.25) is 0 Å². The first-order valence-corrected chi connectivity index (χ1v) is 12.3. The van der Waals surface area contributed by atoms with Crippen LogP contribution in [0.4, 0.5) is 5.82 Å². The molecular formula is C28H25N7O2. The maximum atomic E-state index is 12.9. The Labute approximate surface area is 214 Å². The van der Waals surface area contributed by atoms with Gasteiger partial charge < -0.3 is 15.0 Å². The first kappa shape index (κ1) is 23.0. The van der Waals surface area contributed by atoms with Crippen LogP contribution in [0.3, 0.4) is 0 Å². The van der Waals surface area contributed by atoms with Crippen LogP contribution in [0.25, 0.3) is 22.3 Å². The number of aromatic nitrogens is 4. The normalized spacial score (nSPS) is 18.5. The maximum Gasteiger partial charge on any atom is 0.253 e. The van der Waals surface area contributed by atoms with Gasteiger partial charge in [0, 0.05) is 30.9 Å². The Morgan fingerprint density at radius 1 is 1.14 bits per heavy atom. The van der Waals surface area contributed by atoms with Crippen molar-refractivity contribution >= 4 is 22.6 Å². The van der Waals surface area contributed by atoms with Gasteiger partial charge in [-0.15, -0.1) is 0 Å². The van der Waals surface area contributed by atoms with E-state index in [0.717, 1.165) is 46.8 Å². The first-order valence-electron chi connectivity index (χ1n) is 12.3. The minimum atomic E-state index is -0.830. The van der Waals surface area contributed by atoms with Crippen LogP contribution < -0.4 is 10.2 Å². The summed E-state index contributed by atoms with van der Waals surface area (Å²) in [6.07, 6.45) is 4.48. The molecule has 2 aliphatic heterocycles. The first-order chi connectivity index (χ1) is 18.0. The SMILES string of the molecule is C[C@@]1(C#N)COCc2ncc(C(=O)NCc3cc4nc(-c5cccc(N6CCC6)n5)ccc4cn3)cc21. The molecule has 4 aromatic rings. The van der Waals surface area contributed by atoms with E-state index in [2.05, 4.69) is 26.3 Å². The molecule has 0 aromatic carbocycles. The molecule has 1 fully saturated rings. The van der Waals surface area contributed by atoms with E-state index in [9.17, 15) is 10.1 Å². The fraction of sp³-hybridized carbons (Fsp3) is 0.286. The number of amides is 1. The van der Waals surface area contributed by atoms with Crippen molar-refractivity contribution in [2.75, 3.05) is 24.6 Å². The number of nitrogens with one attached hydrogen (secondary N) is 1. The number of fused-ring (bicyclic) bond motifs is 2. The molecule has 0 aliphatic carbocycles. The number of carbonyl (C=O) groups excluding carboxylic acids is 1. The second-order valence-corrected chi connectivity index (χ2v) is 9.62. The van der Waals surface area contributed by atoms with E-state index >= 15 is 0 Å². The number of carbonyl (C=O) groups is 1. The lowest BCUT2D eigenvalue weighted by molar-refractivity contribution is 0.0726. The summed E-state index contributed by atoms with van der Waals surface area (Å²) >= 11 is 0. The Kier molecular flexibility index (Phi) is 5.74. The molecule has 0 bridgehead atoms. The molecule has 6 rings (SSSR count). The van der Waals surface area contributed by atoms with E-state index in [1.165, 1.54) is 12.6 Å². The number of anilines is 1. The van der Waals surface area contributed by atoms with Gasteiger partial charge in [-0.3, -0.25) is 14.8 Å². The van der Waals surface area contributed by atoms with Gasteiger partial charge >= 0.3 is 0 Å². The van der Waals surface area contributed by atoms with Gasteiger partial charge in [0.1, 0.15) is 11.2 Å². The number of nitrogens with zero attached hydrogens (tertiary/aromatic N) is 6. The van der Waals surface area contributed by atoms with Crippen molar-refractivity contribution in [3.05, 3.63) is 77.4 Å². The number of hydrogen-bond donors (Lipinski definition) is 1. The van der Waals surface area contributed by atoms with Gasteiger partial charge in [-0.05, 0) is 55.3 Å². The Morgan fingerprint density at radius 2 is 2.00 bits per heavy atom. The van der Waals surface area contributed by atoms with Crippen LogP contribution in [0.15, 0.2) is 54.9 Å². The van der Waals surface area contributed by atoms with Crippen molar-refractivity contribution < 1.29 is 9.53 Å². The van der Waals surface area contributed by atoms with Crippen molar-refractivity contribution in [3.63, 3.8) is 0 Å². The lowest BCUT2D eigenvalue weighted by atomic mass is 9.82. The summed E-state index contributed by atoms with van der Waals surface area (Å²) in [4.78, 5) is 33.6. The lowest BCUT2D eigenvalue weighted by Gasteiger charge is -2.32. The number of nitriles is 1. The van der Waals surface area contributed by atoms with E-state index in [-0.39, 0.29) is 19.1 Å². The van der Waals surface area contributed by atoms with E-state index < -0.39 is 5.41 Å². The number of ether oxygens (including phenoxy) is 1. The van der Waals surface area contributed by atoms with Crippen LogP contribution in [0, 0.1) is 11.3 Å². The Hall–Kier alpha value is -4.42. The zero-order valence-electron chi connectivity index (χ0n) is 20.4. The fourth-order valence-electron chi connectivity index (χ4n) is 4.59. The Morgan fingerprint density at radius 3 is 2.81 bits per heavy atom. The molecule has 184 valence electrons. The average molecular weight is 492 g/mol. The van der Waals surface area contributed by atoms with Crippen molar-refractivity contribution in [1.82, 2.24) is 25.3 Å². The molecule has 0 spiro atoms. The standard InChI is InChI=1S/C28H25N7O2/c1-28(16-29)17-37-15-25-21(28)10-19(13-31-25)27(36)32-14-20-11-24-18(12-30-20)6-7-23(33-24)22-4-2-5-26(34-22)35-8-3-9-35/h2,4-7,10-13H,3,8-9,14-15,17H2,1H3,(H,32,36)/t28-/m1/s1. The highest BCUT2D eigenvalue weighted by Crippen LogP contribution is 2.31. The predicted octanol–water partition coefficient (Wildman–Crippen LogP) is 3.54. The largest absolute Gasteiger partial charge is 0.373 e. The third-order valence-corrected chi connectivity index (χ3v) is 6.94. The summed E-state index contributed by atoms with van der Waals surface area (Å²) < 4.78 is 5.50. The summed E-state index contributed by atoms with van der Waals surface area (Å²) in [6.45, 7) is 4.72. The highest BCUT2D eigenvalue weighted by atomic mass is 16.5. The summed E-state index contributed by atoms with van der Waals surface area (Å²) in [6, 6.07) is 15.9. The van der Waals surface area contributed by atoms with Crippen molar-refractivity contribution in [2.24, 2.45) is 0 Å². The topological polar surface area (TPSA) is 117 Å². The Balaban J connectivity index is 1.20. The molecule has 9 nitrogen and oxygen atoms in total. The number of hydrogen-bond acceptors (Lipinski definition) is 8. The molecule has 1 atom stereocenters. The molecule has 37 heavy (non-hydrogen) atoms. The highest BCUT2D eigenvalue weighted by molar-refractivity contribution is 5.94. The lowest BCUT2D eigenvalue weighted by Crippen LogP contribution is -2.37. The summed E-state index contributed by atoms with van der Waals surface area (Å²) in [5.74, 6) is 0.695. The van der Waals surface area contributed by atoms with Gasteiger partial charge in [0.15, 0.2) is 0 Å². The zero-order chi connectivity index (χ0) is 25.4. The minimum absolute atomic E-state index is 0.235. The molecule has 6 heterocycles. The van der Waals surface area contributed by atoms with E-state index in [0.29, 0.717) is 23.6 Å². The molecule has 0 radical (unpaired) electrons. The van der Waals surface area contributed by atoms with Crippen molar-refractivity contribution in [2.45, 2.75) is 31.9 Å². The molecule has 0 unspecified atom stereocenters. The average Bonchev–Trinajstić information content (AvgIpc) is 2.90. The highest BCUT2D eigenvalue weighted by Gasteiger charge is 2.34.